The first kappa shape index (κ1) is 15.6. The van der Waals surface area contributed by atoms with E-state index in [1.165, 1.54) is 30.5 Å². The van der Waals surface area contributed by atoms with Gasteiger partial charge in [-0.25, -0.2) is 19.7 Å². The number of benzene rings is 1. The van der Waals surface area contributed by atoms with Gasteiger partial charge in [0.2, 0.25) is 5.91 Å². The van der Waals surface area contributed by atoms with E-state index in [2.05, 4.69) is 20.7 Å². The molecule has 0 atom stereocenters. The zero-order chi connectivity index (χ0) is 15.9. The summed E-state index contributed by atoms with van der Waals surface area (Å²) in [6.07, 6.45) is 1.35. The lowest BCUT2D eigenvalue weighted by molar-refractivity contribution is -0.118. The van der Waals surface area contributed by atoms with Gasteiger partial charge in [0.1, 0.15) is 5.82 Å². The number of carbonyl (C=O) groups excluding carboxylic acids is 1. The summed E-state index contributed by atoms with van der Waals surface area (Å²) in [5.74, 6) is -0.935. The van der Waals surface area contributed by atoms with Gasteiger partial charge in [0.25, 0.3) is 5.56 Å². The minimum Gasteiger partial charge on any atom is -0.272 e. The number of amides is 1. The van der Waals surface area contributed by atoms with Crippen molar-refractivity contribution in [1.29, 1.82) is 0 Å². The fourth-order valence-corrected chi connectivity index (χ4v) is 1.95. The number of thioether (sulfide) groups is 1. The Labute approximate surface area is 126 Å². The largest absolute Gasteiger partial charge is 0.342 e. The van der Waals surface area contributed by atoms with Gasteiger partial charge in [-0.3, -0.25) is 14.6 Å². The molecule has 0 aliphatic heterocycles. The lowest BCUT2D eigenvalue weighted by Gasteiger charge is -1.99. The Kier molecular flexibility index (Phi) is 5.20. The van der Waals surface area contributed by atoms with Gasteiger partial charge in [-0.15, -0.1) is 0 Å². The van der Waals surface area contributed by atoms with Gasteiger partial charge in [-0.2, -0.15) is 10.2 Å². The number of nitrogens with one attached hydrogen (secondary N) is 3. The van der Waals surface area contributed by atoms with Crippen molar-refractivity contribution < 1.29 is 9.18 Å². The summed E-state index contributed by atoms with van der Waals surface area (Å²) >= 11 is 0.852. The van der Waals surface area contributed by atoms with Crippen LogP contribution in [0, 0.1) is 5.82 Å². The highest BCUT2D eigenvalue weighted by molar-refractivity contribution is 7.99. The van der Waals surface area contributed by atoms with Crippen molar-refractivity contribution >= 4 is 23.9 Å². The van der Waals surface area contributed by atoms with Crippen molar-refractivity contribution in [2.45, 2.75) is 5.03 Å². The molecule has 0 bridgehead atoms. The summed E-state index contributed by atoms with van der Waals surface area (Å²) in [7, 11) is 0. The molecule has 2 aromatic rings. The molecule has 3 N–H and O–H groups in total. The molecule has 1 aromatic heterocycles. The monoisotopic (exact) mass is 323 g/mol. The van der Waals surface area contributed by atoms with Gasteiger partial charge in [0, 0.05) is 0 Å². The van der Waals surface area contributed by atoms with Gasteiger partial charge in [0.15, 0.2) is 5.03 Å². The van der Waals surface area contributed by atoms with Crippen LogP contribution in [-0.2, 0) is 4.79 Å². The molecule has 0 saturated carbocycles. The molecule has 1 amide bonds. The van der Waals surface area contributed by atoms with E-state index in [0.29, 0.717) is 5.56 Å². The highest BCUT2D eigenvalue weighted by atomic mass is 32.2. The summed E-state index contributed by atoms with van der Waals surface area (Å²) in [5.41, 5.74) is 1.48. The van der Waals surface area contributed by atoms with Crippen LogP contribution in [0.3, 0.4) is 0 Å². The molecule has 8 nitrogen and oxygen atoms in total. The molecule has 0 saturated heterocycles. The van der Waals surface area contributed by atoms with Crippen LogP contribution in [0.2, 0.25) is 0 Å². The molecule has 114 valence electrons. The second-order valence-corrected chi connectivity index (χ2v) is 4.91. The van der Waals surface area contributed by atoms with Crippen molar-refractivity contribution in [1.82, 2.24) is 20.6 Å². The van der Waals surface area contributed by atoms with Crippen molar-refractivity contribution in [3.63, 3.8) is 0 Å². The Morgan fingerprint density at radius 3 is 2.77 bits per heavy atom. The number of aromatic amines is 2. The fraction of sp³-hybridized carbons (Fsp3) is 0.0833. The number of H-pyrrole nitrogens is 2. The SMILES string of the molecule is O=C(CSc1n[nH]c(=O)[nH]c1=O)N/N=C/c1ccc(F)cc1. The second-order valence-electron chi connectivity index (χ2n) is 3.95. The summed E-state index contributed by atoms with van der Waals surface area (Å²) in [6.45, 7) is 0. The molecule has 0 aliphatic rings. The molecule has 22 heavy (non-hydrogen) atoms. The molecule has 2 rings (SSSR count). The molecule has 0 fully saturated rings. The first-order valence-electron chi connectivity index (χ1n) is 5.94. The first-order chi connectivity index (χ1) is 10.5. The lowest BCUT2D eigenvalue weighted by atomic mass is 10.2. The summed E-state index contributed by atoms with van der Waals surface area (Å²) in [6, 6.07) is 5.55. The molecular formula is C12H10FN5O3S. The average molecular weight is 323 g/mol. The van der Waals surface area contributed by atoms with Crippen LogP contribution in [0.25, 0.3) is 0 Å². The Balaban J connectivity index is 1.84. The quantitative estimate of drug-likeness (QED) is 0.401. The number of aromatic nitrogens is 3. The molecule has 0 unspecified atom stereocenters. The third kappa shape index (κ3) is 4.66. The highest BCUT2D eigenvalue weighted by Crippen LogP contribution is 2.07. The zero-order valence-electron chi connectivity index (χ0n) is 11.0. The number of rotatable bonds is 5. The van der Waals surface area contributed by atoms with E-state index in [4.69, 9.17) is 0 Å². The van der Waals surface area contributed by atoms with E-state index in [-0.39, 0.29) is 16.6 Å². The maximum atomic E-state index is 12.7. The minimum atomic E-state index is -0.720. The third-order valence-corrected chi connectivity index (χ3v) is 3.25. The Hall–Kier alpha value is -2.75. The topological polar surface area (TPSA) is 120 Å². The normalized spacial score (nSPS) is 10.8. The van der Waals surface area contributed by atoms with E-state index in [1.54, 1.807) is 0 Å². The average Bonchev–Trinajstić information content (AvgIpc) is 2.48. The molecule has 0 radical (unpaired) electrons. The lowest BCUT2D eigenvalue weighted by Crippen LogP contribution is -2.26. The molecule has 1 heterocycles. The second kappa shape index (κ2) is 7.31. The van der Waals surface area contributed by atoms with E-state index >= 15 is 0 Å². The van der Waals surface area contributed by atoms with Gasteiger partial charge in [0.05, 0.1) is 12.0 Å². The Morgan fingerprint density at radius 1 is 1.36 bits per heavy atom. The van der Waals surface area contributed by atoms with E-state index < -0.39 is 17.2 Å². The van der Waals surface area contributed by atoms with E-state index in [0.717, 1.165) is 11.8 Å². The van der Waals surface area contributed by atoms with E-state index in [1.807, 2.05) is 4.98 Å². The number of hydrogen-bond donors (Lipinski definition) is 3. The van der Waals surface area contributed by atoms with Crippen LogP contribution < -0.4 is 16.7 Å². The van der Waals surface area contributed by atoms with Crippen LogP contribution >= 0.6 is 11.8 Å². The van der Waals surface area contributed by atoms with E-state index in [9.17, 15) is 18.8 Å². The van der Waals surface area contributed by atoms with Crippen LogP contribution in [0.4, 0.5) is 4.39 Å². The number of hydrazone groups is 1. The minimum absolute atomic E-state index is 0.0303. The Bertz CT molecular complexity index is 799. The maximum Gasteiger partial charge on any atom is 0.342 e. The van der Waals surface area contributed by atoms with Crippen molar-refractivity contribution in [2.75, 3.05) is 5.75 Å². The maximum absolute atomic E-state index is 12.7. The fourth-order valence-electron chi connectivity index (χ4n) is 1.33. The van der Waals surface area contributed by atoms with Crippen LogP contribution in [0.5, 0.6) is 0 Å². The van der Waals surface area contributed by atoms with Crippen LogP contribution in [0.15, 0.2) is 44.0 Å². The third-order valence-electron chi connectivity index (χ3n) is 2.29. The number of nitrogens with zero attached hydrogens (tertiary/aromatic N) is 2. The smallest absolute Gasteiger partial charge is 0.272 e. The number of carbonyl (C=O) groups is 1. The predicted molar refractivity (Wildman–Crippen MR) is 78.3 cm³/mol. The number of hydrogen-bond acceptors (Lipinski definition) is 6. The summed E-state index contributed by atoms with van der Waals surface area (Å²) in [5, 5.41) is 9.24. The number of halogens is 1. The molecule has 1 aromatic carbocycles. The summed E-state index contributed by atoms with van der Waals surface area (Å²) in [4.78, 5) is 35.6. The summed E-state index contributed by atoms with van der Waals surface area (Å²) < 4.78 is 12.7. The van der Waals surface area contributed by atoms with Crippen LogP contribution in [0.1, 0.15) is 5.56 Å². The van der Waals surface area contributed by atoms with Crippen LogP contribution in [-0.4, -0.2) is 33.1 Å². The standard InChI is InChI=1S/C12H10FN5O3S/c13-8-3-1-7(2-4-8)5-14-16-9(19)6-22-11-10(20)15-12(21)18-17-11/h1-5H,6H2,(H,16,19)(H2,15,18,20,21)/b14-5+. The van der Waals surface area contributed by atoms with Crippen molar-refractivity contribution in [3.8, 4) is 0 Å². The van der Waals surface area contributed by atoms with Gasteiger partial charge in [-0.05, 0) is 17.7 Å². The van der Waals surface area contributed by atoms with Crippen molar-refractivity contribution in [2.24, 2.45) is 5.10 Å². The van der Waals surface area contributed by atoms with Gasteiger partial charge in [-0.1, -0.05) is 23.9 Å². The molecule has 0 aliphatic carbocycles. The zero-order valence-corrected chi connectivity index (χ0v) is 11.8. The van der Waals surface area contributed by atoms with Crippen molar-refractivity contribution in [3.05, 3.63) is 56.5 Å². The predicted octanol–water partition coefficient (Wildman–Crippen LogP) is -0.160. The molecule has 0 spiro atoms. The molecule has 10 heteroatoms. The first-order valence-corrected chi connectivity index (χ1v) is 6.92. The van der Waals surface area contributed by atoms with Gasteiger partial charge >= 0.3 is 5.69 Å². The highest BCUT2D eigenvalue weighted by Gasteiger charge is 2.06. The molecular weight excluding hydrogens is 313 g/mol. The Morgan fingerprint density at radius 2 is 2.09 bits per heavy atom. The van der Waals surface area contributed by atoms with Gasteiger partial charge < -0.3 is 0 Å².